The molecule has 0 amide bonds. The molecule has 192 valence electrons. The first kappa shape index (κ1) is 29.4. The van der Waals surface area contributed by atoms with Crippen molar-refractivity contribution in [2.24, 2.45) is 0 Å². The van der Waals surface area contributed by atoms with Crippen molar-refractivity contribution in [1.82, 2.24) is 0 Å². The molecule has 0 aliphatic carbocycles. The van der Waals surface area contributed by atoms with Crippen molar-refractivity contribution in [3.63, 3.8) is 0 Å². The maximum Gasteiger partial charge on any atom is 0.460 e. The van der Waals surface area contributed by atoms with Gasteiger partial charge in [-0.2, -0.15) is 56.7 Å². The van der Waals surface area contributed by atoms with E-state index in [0.717, 1.165) is 6.92 Å². The molecule has 33 heavy (non-hydrogen) atoms. The van der Waals surface area contributed by atoms with E-state index in [4.69, 9.17) is 0 Å². The Morgan fingerprint density at radius 2 is 1.27 bits per heavy atom. The first-order chi connectivity index (χ1) is 14.5. The molecule has 1 unspecified atom stereocenters. The van der Waals surface area contributed by atoms with Crippen molar-refractivity contribution in [1.29, 1.82) is 0 Å². The summed E-state index contributed by atoms with van der Waals surface area (Å²) in [7, 11) is -10.9. The third-order valence-electron chi connectivity index (χ3n) is 4.22. The highest BCUT2D eigenvalue weighted by molar-refractivity contribution is 8.33. The van der Waals surface area contributed by atoms with Gasteiger partial charge in [-0.1, -0.05) is 37.3 Å². The van der Waals surface area contributed by atoms with Gasteiger partial charge in [-0.25, -0.2) is 3.63 Å². The van der Waals surface area contributed by atoms with Crippen LogP contribution in [0.4, 0.5) is 48.3 Å². The summed E-state index contributed by atoms with van der Waals surface area (Å²) in [5.41, 5.74) is -0.0980. The predicted molar refractivity (Wildman–Crippen MR) is 95.5 cm³/mol. The Morgan fingerprint density at radius 1 is 0.818 bits per heavy atom. The van der Waals surface area contributed by atoms with E-state index in [1.807, 2.05) is 0 Å². The van der Waals surface area contributed by atoms with Gasteiger partial charge in [-0.3, -0.25) is 4.79 Å². The molecule has 0 fully saturated rings. The van der Waals surface area contributed by atoms with Gasteiger partial charge < -0.3 is 0 Å². The van der Waals surface area contributed by atoms with E-state index < -0.39 is 66.9 Å². The summed E-state index contributed by atoms with van der Waals surface area (Å²) >= 11 is 0. The molecule has 0 heterocycles. The second-order valence-corrected chi connectivity index (χ2v) is 11.9. The predicted octanol–water partition coefficient (Wildman–Crippen LogP) is 5.65. The lowest BCUT2D eigenvalue weighted by atomic mass is 10.0. The number of hydrogen-bond donors (Lipinski definition) is 0. The molecule has 0 radical (unpaired) electrons. The first-order valence-electron chi connectivity index (χ1n) is 8.36. The van der Waals surface area contributed by atoms with E-state index in [0.29, 0.717) is 6.26 Å². The summed E-state index contributed by atoms with van der Waals surface area (Å²) in [5, 5.41) is -7.25. The van der Waals surface area contributed by atoms with Crippen LogP contribution < -0.4 is 0 Å². The fourth-order valence-electron chi connectivity index (χ4n) is 2.13. The Morgan fingerprint density at radius 3 is 1.67 bits per heavy atom. The fraction of sp³-hybridized carbons (Fsp3) is 0.562. The van der Waals surface area contributed by atoms with Crippen LogP contribution in [0, 0.1) is 0 Å². The van der Waals surface area contributed by atoms with Crippen LogP contribution in [0.1, 0.15) is 17.3 Å². The van der Waals surface area contributed by atoms with Crippen molar-refractivity contribution in [3.05, 3.63) is 35.9 Å². The molecule has 0 N–H and O–H groups in total. The van der Waals surface area contributed by atoms with Gasteiger partial charge in [0, 0.05) is 5.56 Å². The molecule has 0 saturated heterocycles. The van der Waals surface area contributed by atoms with Crippen LogP contribution in [-0.4, -0.2) is 61.2 Å². The third-order valence-corrected chi connectivity index (χ3v) is 9.23. The van der Waals surface area contributed by atoms with Gasteiger partial charge in [0.15, 0.2) is 5.78 Å². The van der Waals surface area contributed by atoms with Crippen molar-refractivity contribution in [2.45, 2.75) is 36.1 Å². The number of rotatable bonds is 10. The Balaban J connectivity index is 3.39. The molecule has 0 saturated carbocycles. The molecule has 4 nitrogen and oxygen atoms in total. The second kappa shape index (κ2) is 8.87. The number of carbonyl (C=O) groups excluding carboxylic acids is 1. The molecule has 1 atom stereocenters. The lowest BCUT2D eigenvalue weighted by molar-refractivity contribution is -0.413. The highest BCUT2D eigenvalue weighted by atomic mass is 32.3. The SMILES string of the molecule is CCS(C)(CC(=O)c1ccccc1)OS(=O)(=O)C(F)(F)C(F)(F)C(F)(F)C(F)(F)C(F)(F)F. The number of halogens is 11. The average Bonchev–Trinajstić information content (AvgIpc) is 2.66. The Hall–Kier alpha value is -1.62. The van der Waals surface area contributed by atoms with Gasteiger partial charge in [0.05, 0.1) is 5.75 Å². The molecule has 1 aromatic carbocycles. The van der Waals surface area contributed by atoms with E-state index in [9.17, 15) is 61.5 Å². The van der Waals surface area contributed by atoms with Crippen molar-refractivity contribution in [2.75, 3.05) is 17.8 Å². The molecular weight excluding hydrogens is 529 g/mol. The zero-order valence-electron chi connectivity index (χ0n) is 16.4. The Labute approximate surface area is 181 Å². The summed E-state index contributed by atoms with van der Waals surface area (Å²) in [4.78, 5) is 12.2. The summed E-state index contributed by atoms with van der Waals surface area (Å²) in [6, 6.07) is 6.56. The van der Waals surface area contributed by atoms with E-state index in [1.165, 1.54) is 30.3 Å². The van der Waals surface area contributed by atoms with E-state index >= 15 is 0 Å². The number of hydrogen-bond acceptors (Lipinski definition) is 4. The van der Waals surface area contributed by atoms with Crippen LogP contribution >= 0.6 is 10.3 Å². The molecule has 0 spiro atoms. The quantitative estimate of drug-likeness (QED) is 0.283. The smallest absolute Gasteiger partial charge is 0.293 e. The van der Waals surface area contributed by atoms with Crippen LogP contribution in [0.25, 0.3) is 0 Å². The molecule has 1 rings (SSSR count). The van der Waals surface area contributed by atoms with Crippen LogP contribution in [0.5, 0.6) is 0 Å². The zero-order valence-corrected chi connectivity index (χ0v) is 18.0. The van der Waals surface area contributed by atoms with E-state index in [1.54, 1.807) is 0 Å². The topological polar surface area (TPSA) is 60.4 Å². The summed E-state index contributed by atoms with van der Waals surface area (Å²) in [6.45, 7) is 1.05. The second-order valence-electron chi connectivity index (χ2n) is 6.67. The number of benzene rings is 1. The van der Waals surface area contributed by atoms with Crippen molar-refractivity contribution < 1.29 is 65.1 Å². The lowest BCUT2D eigenvalue weighted by Crippen LogP contribution is -2.68. The largest absolute Gasteiger partial charge is 0.460 e. The minimum atomic E-state index is -7.91. The van der Waals surface area contributed by atoms with Gasteiger partial charge >= 0.3 is 39.3 Å². The molecule has 0 bridgehead atoms. The minimum Gasteiger partial charge on any atom is -0.293 e. The van der Waals surface area contributed by atoms with Gasteiger partial charge in [-0.15, -0.1) is 10.3 Å². The summed E-state index contributed by atoms with van der Waals surface area (Å²) in [5.74, 6) is -26.0. The number of ketones is 1. The van der Waals surface area contributed by atoms with Crippen molar-refractivity contribution in [3.8, 4) is 0 Å². The standard InChI is InChI=1S/C16H15F11O4S2/c1-3-32(2,9-11(28)10-7-5-4-6-8-10)31-33(29,30)16(26,27)14(21,22)12(17,18)13(19,20)15(23,24)25/h4-8H,3,9H2,1-2H3. The Kier molecular flexibility index (Phi) is 7.90. The molecule has 0 aliphatic heterocycles. The number of carbonyl (C=O) groups is 1. The van der Waals surface area contributed by atoms with Gasteiger partial charge in [0.25, 0.3) is 0 Å². The molecule has 17 heteroatoms. The third kappa shape index (κ3) is 5.08. The van der Waals surface area contributed by atoms with Gasteiger partial charge in [-0.05, 0) is 12.0 Å². The Bertz CT molecular complexity index is 962. The zero-order chi connectivity index (χ0) is 26.3. The van der Waals surface area contributed by atoms with Crippen LogP contribution in [0.15, 0.2) is 30.3 Å². The highest BCUT2D eigenvalue weighted by Gasteiger charge is 2.90. The van der Waals surface area contributed by atoms with E-state index in [2.05, 4.69) is 3.63 Å². The number of Topliss-reactive ketones (excluding diaryl/α,β-unsaturated/α-hetero) is 1. The molecule has 0 aromatic heterocycles. The first-order valence-corrected chi connectivity index (χ1v) is 12.1. The normalized spacial score (nSPS) is 17.4. The van der Waals surface area contributed by atoms with Crippen molar-refractivity contribution >= 4 is 26.2 Å². The minimum absolute atomic E-state index is 0.0980. The van der Waals surface area contributed by atoms with Gasteiger partial charge in [0.1, 0.15) is 0 Å². The fourth-order valence-corrected chi connectivity index (χ4v) is 6.15. The summed E-state index contributed by atoms with van der Waals surface area (Å²) in [6.07, 6.45) is -6.73. The van der Waals surface area contributed by atoms with E-state index in [-0.39, 0.29) is 5.56 Å². The number of alkyl halides is 11. The molecule has 1 aromatic rings. The average molecular weight is 544 g/mol. The van der Waals surface area contributed by atoms with Crippen LogP contribution in [0.2, 0.25) is 0 Å². The maximum absolute atomic E-state index is 14.0. The summed E-state index contributed by atoms with van der Waals surface area (Å²) < 4.78 is 172. The highest BCUT2D eigenvalue weighted by Crippen LogP contribution is 2.60. The van der Waals surface area contributed by atoms with Crippen LogP contribution in [0.3, 0.4) is 0 Å². The maximum atomic E-state index is 14.0. The van der Waals surface area contributed by atoms with Crippen LogP contribution in [-0.2, 0) is 13.7 Å². The monoisotopic (exact) mass is 544 g/mol. The van der Waals surface area contributed by atoms with Gasteiger partial charge in [0.2, 0.25) is 0 Å². The molecular formula is C16H15F11O4S2. The molecule has 0 aliphatic rings. The lowest BCUT2D eigenvalue weighted by Gasteiger charge is -2.39.